The number of phenols is 1. The van der Waals surface area contributed by atoms with Crippen molar-refractivity contribution >= 4 is 40.0 Å². The SMILES string of the molecule is O=S(=O)(O)Oc1ccc(C2COc3cc(O)ccc3C2)cc1.[NaH]. The van der Waals surface area contributed by atoms with Crippen molar-refractivity contribution in [1.82, 2.24) is 0 Å². The first-order valence-electron chi connectivity index (χ1n) is 6.62. The van der Waals surface area contributed by atoms with Gasteiger partial charge in [-0.05, 0) is 35.7 Å². The van der Waals surface area contributed by atoms with Gasteiger partial charge in [0, 0.05) is 12.0 Å². The first-order chi connectivity index (χ1) is 10.4. The number of ether oxygens (including phenoxy) is 1. The van der Waals surface area contributed by atoms with Gasteiger partial charge in [0.2, 0.25) is 0 Å². The third-order valence-electron chi connectivity index (χ3n) is 3.51. The van der Waals surface area contributed by atoms with E-state index in [0.29, 0.717) is 12.4 Å². The van der Waals surface area contributed by atoms with Crippen molar-refractivity contribution < 1.29 is 27.0 Å². The van der Waals surface area contributed by atoms with Gasteiger partial charge in [-0.25, -0.2) is 0 Å². The van der Waals surface area contributed by atoms with E-state index in [1.807, 2.05) is 6.07 Å². The van der Waals surface area contributed by atoms with Gasteiger partial charge in [0.1, 0.15) is 17.2 Å². The third kappa shape index (κ3) is 4.62. The Hall–Kier alpha value is -1.25. The Morgan fingerprint density at radius 1 is 1.13 bits per heavy atom. The summed E-state index contributed by atoms with van der Waals surface area (Å²) in [7, 11) is -4.51. The van der Waals surface area contributed by atoms with E-state index < -0.39 is 10.4 Å². The molecule has 0 aromatic heterocycles. The second-order valence-electron chi connectivity index (χ2n) is 5.08. The van der Waals surface area contributed by atoms with Crippen LogP contribution in [0, 0.1) is 0 Å². The third-order valence-corrected chi connectivity index (χ3v) is 3.91. The number of hydrogen-bond acceptors (Lipinski definition) is 5. The van der Waals surface area contributed by atoms with Crippen LogP contribution < -0.4 is 8.92 Å². The molecule has 118 valence electrons. The molecule has 3 rings (SSSR count). The summed E-state index contributed by atoms with van der Waals surface area (Å²) in [6, 6.07) is 11.5. The van der Waals surface area contributed by atoms with Crippen LogP contribution in [0.5, 0.6) is 17.2 Å². The van der Waals surface area contributed by atoms with Crippen molar-refractivity contribution in [2.45, 2.75) is 12.3 Å². The second-order valence-corrected chi connectivity index (χ2v) is 6.11. The van der Waals surface area contributed by atoms with E-state index in [9.17, 15) is 13.5 Å². The quantitative estimate of drug-likeness (QED) is 0.648. The van der Waals surface area contributed by atoms with E-state index in [0.717, 1.165) is 17.5 Å². The molecule has 0 spiro atoms. The number of phenolic OH excluding ortho intramolecular Hbond substituents is 1. The van der Waals surface area contributed by atoms with Crippen LogP contribution >= 0.6 is 0 Å². The fourth-order valence-electron chi connectivity index (χ4n) is 2.49. The van der Waals surface area contributed by atoms with Gasteiger partial charge >= 0.3 is 40.0 Å². The van der Waals surface area contributed by atoms with Gasteiger partial charge in [-0.2, -0.15) is 8.42 Å². The molecule has 0 amide bonds. The summed E-state index contributed by atoms with van der Waals surface area (Å²) >= 11 is 0. The predicted octanol–water partition coefficient (Wildman–Crippen LogP) is 1.64. The minimum absolute atomic E-state index is 0. The van der Waals surface area contributed by atoms with Crippen LogP contribution in [-0.2, 0) is 16.8 Å². The van der Waals surface area contributed by atoms with Crippen molar-refractivity contribution in [2.24, 2.45) is 0 Å². The molecule has 0 saturated carbocycles. The van der Waals surface area contributed by atoms with Crippen LogP contribution in [0.3, 0.4) is 0 Å². The molecule has 0 radical (unpaired) electrons. The van der Waals surface area contributed by atoms with Crippen molar-refractivity contribution in [3.63, 3.8) is 0 Å². The Kier molecular flexibility index (Phi) is 5.59. The molecule has 2 aromatic rings. The summed E-state index contributed by atoms with van der Waals surface area (Å²) in [6.07, 6.45) is 0.758. The van der Waals surface area contributed by atoms with Gasteiger partial charge in [0.25, 0.3) is 0 Å². The average molecular weight is 346 g/mol. The molecule has 0 fully saturated rings. The fourth-order valence-corrected chi connectivity index (χ4v) is 2.85. The summed E-state index contributed by atoms with van der Waals surface area (Å²) in [5.74, 6) is 1.02. The molecule has 2 N–H and O–H groups in total. The monoisotopic (exact) mass is 346 g/mol. The van der Waals surface area contributed by atoms with Crippen LogP contribution in [0.4, 0.5) is 0 Å². The van der Waals surface area contributed by atoms with Gasteiger partial charge in [-0.3, -0.25) is 4.55 Å². The molecule has 0 saturated heterocycles. The summed E-state index contributed by atoms with van der Waals surface area (Å²) in [5.41, 5.74) is 1.98. The van der Waals surface area contributed by atoms with E-state index in [2.05, 4.69) is 4.18 Å². The summed E-state index contributed by atoms with van der Waals surface area (Å²) in [6.45, 7) is 0.467. The zero-order valence-corrected chi connectivity index (χ0v) is 12.3. The zero-order valence-electron chi connectivity index (χ0n) is 11.5. The Morgan fingerprint density at radius 2 is 1.83 bits per heavy atom. The van der Waals surface area contributed by atoms with E-state index in [1.165, 1.54) is 12.1 Å². The van der Waals surface area contributed by atoms with Crippen LogP contribution in [-0.4, -0.2) is 54.2 Å². The van der Waals surface area contributed by atoms with Gasteiger partial charge in [0.15, 0.2) is 0 Å². The first kappa shape index (κ1) is 18.1. The zero-order chi connectivity index (χ0) is 15.7. The molecule has 1 unspecified atom stereocenters. The number of rotatable bonds is 3. The summed E-state index contributed by atoms with van der Waals surface area (Å²) in [5, 5.41) is 9.43. The predicted molar refractivity (Wildman–Crippen MR) is 85.8 cm³/mol. The van der Waals surface area contributed by atoms with Crippen molar-refractivity contribution in [1.29, 1.82) is 0 Å². The van der Waals surface area contributed by atoms with Gasteiger partial charge in [-0.1, -0.05) is 18.2 Å². The Bertz CT molecular complexity index is 788. The molecule has 1 atom stereocenters. The van der Waals surface area contributed by atoms with Crippen molar-refractivity contribution in [3.8, 4) is 17.2 Å². The van der Waals surface area contributed by atoms with E-state index >= 15 is 0 Å². The van der Waals surface area contributed by atoms with Crippen LogP contribution in [0.1, 0.15) is 17.0 Å². The van der Waals surface area contributed by atoms with Crippen LogP contribution in [0.15, 0.2) is 42.5 Å². The molecule has 0 aliphatic carbocycles. The van der Waals surface area contributed by atoms with Gasteiger partial charge < -0.3 is 14.0 Å². The molecule has 6 nitrogen and oxygen atoms in total. The number of benzene rings is 2. The molecule has 23 heavy (non-hydrogen) atoms. The number of fused-ring (bicyclic) bond motifs is 1. The molecular weight excluding hydrogens is 331 g/mol. The van der Waals surface area contributed by atoms with Crippen LogP contribution in [0.2, 0.25) is 0 Å². The molecular formula is C15H15NaO6S. The van der Waals surface area contributed by atoms with Crippen molar-refractivity contribution in [2.75, 3.05) is 6.61 Å². The summed E-state index contributed by atoms with van der Waals surface area (Å²) in [4.78, 5) is 0. The summed E-state index contributed by atoms with van der Waals surface area (Å²) < 4.78 is 40.0. The topological polar surface area (TPSA) is 93.1 Å². The molecule has 1 heterocycles. The maximum absolute atomic E-state index is 10.6. The molecule has 0 bridgehead atoms. The normalized spacial score (nSPS) is 16.7. The van der Waals surface area contributed by atoms with Crippen molar-refractivity contribution in [3.05, 3.63) is 53.6 Å². The van der Waals surface area contributed by atoms with E-state index in [4.69, 9.17) is 9.29 Å². The molecule has 2 aromatic carbocycles. The van der Waals surface area contributed by atoms with Crippen LogP contribution in [0.25, 0.3) is 0 Å². The standard InChI is InChI=1S/C15H14O6S.Na.H/c16-13-4-1-11-7-12(9-20-15(11)8-13)10-2-5-14(6-3-10)21-22(17,18)19;;/h1-6,8,12,16H,7,9H2,(H,17,18,19);;. The van der Waals surface area contributed by atoms with E-state index in [-0.39, 0.29) is 47.0 Å². The Labute approximate surface area is 156 Å². The molecule has 1 aliphatic heterocycles. The maximum atomic E-state index is 10.6. The molecule has 1 aliphatic rings. The minimum atomic E-state index is -4.51. The Morgan fingerprint density at radius 3 is 2.48 bits per heavy atom. The fraction of sp³-hybridized carbons (Fsp3) is 0.200. The first-order valence-corrected chi connectivity index (χ1v) is 7.99. The average Bonchev–Trinajstić information content (AvgIpc) is 2.46. The molecule has 8 heteroatoms. The number of aromatic hydroxyl groups is 1. The van der Waals surface area contributed by atoms with Gasteiger partial charge in [0.05, 0.1) is 6.61 Å². The van der Waals surface area contributed by atoms with E-state index in [1.54, 1.807) is 24.3 Å². The van der Waals surface area contributed by atoms with Gasteiger partial charge in [-0.15, -0.1) is 0 Å². The second kappa shape index (κ2) is 7.11. The Balaban J connectivity index is 0.00000192. The number of hydrogen-bond donors (Lipinski definition) is 2.